The Bertz CT molecular complexity index is 2160. The fourth-order valence-corrected chi connectivity index (χ4v) is 6.52. The summed E-state index contributed by atoms with van der Waals surface area (Å²) >= 11 is 0. The molecule has 8 rings (SSSR count). The standard InChI is InChI=1S/C38H32O2/c1-37(2,3)23-13-15-25-21(19-23)11-17-29-31(25)33-34-32-26-16-14-24(38(4,5)6)20-22(26)12-18-30(32)40-36(34)28-10-8-7-9-27(28)35(33)39-29/h7-20H,1-6H3. The number of benzene rings is 6. The van der Waals surface area contributed by atoms with Gasteiger partial charge < -0.3 is 8.83 Å². The van der Waals surface area contributed by atoms with Gasteiger partial charge in [-0.05, 0) is 55.6 Å². The third-order valence-electron chi connectivity index (χ3n) is 8.74. The maximum Gasteiger partial charge on any atom is 0.144 e. The summed E-state index contributed by atoms with van der Waals surface area (Å²) < 4.78 is 13.5. The molecule has 0 unspecified atom stereocenters. The summed E-state index contributed by atoms with van der Waals surface area (Å²) in [6.07, 6.45) is 0. The Kier molecular flexibility index (Phi) is 4.52. The summed E-state index contributed by atoms with van der Waals surface area (Å²) in [7, 11) is 0. The molecule has 0 N–H and O–H groups in total. The number of fused-ring (bicyclic) bond motifs is 14. The molecule has 0 bridgehead atoms. The van der Waals surface area contributed by atoms with Crippen LogP contribution in [0.3, 0.4) is 0 Å². The fourth-order valence-electron chi connectivity index (χ4n) is 6.52. The highest BCUT2D eigenvalue weighted by Crippen LogP contribution is 2.48. The van der Waals surface area contributed by atoms with Gasteiger partial charge in [-0.3, -0.25) is 0 Å². The van der Waals surface area contributed by atoms with Gasteiger partial charge in [-0.15, -0.1) is 0 Å². The first kappa shape index (κ1) is 23.6. The van der Waals surface area contributed by atoms with Crippen molar-refractivity contribution in [2.24, 2.45) is 0 Å². The zero-order chi connectivity index (χ0) is 27.6. The molecule has 0 amide bonds. The highest BCUT2D eigenvalue weighted by molar-refractivity contribution is 6.39. The molecule has 2 aromatic heterocycles. The molecule has 0 saturated carbocycles. The molecule has 6 aromatic carbocycles. The molecule has 196 valence electrons. The zero-order valence-corrected chi connectivity index (χ0v) is 23.9. The van der Waals surface area contributed by atoms with Crippen molar-refractivity contribution in [3.05, 3.63) is 96.1 Å². The van der Waals surface area contributed by atoms with Gasteiger partial charge in [-0.2, -0.15) is 0 Å². The van der Waals surface area contributed by atoms with E-state index in [0.29, 0.717) is 0 Å². The van der Waals surface area contributed by atoms with E-state index in [0.717, 1.165) is 54.6 Å². The lowest BCUT2D eigenvalue weighted by atomic mass is 9.85. The van der Waals surface area contributed by atoms with Crippen molar-refractivity contribution >= 4 is 76.2 Å². The van der Waals surface area contributed by atoms with E-state index in [-0.39, 0.29) is 10.8 Å². The van der Waals surface area contributed by atoms with Gasteiger partial charge in [-0.1, -0.05) is 114 Å². The summed E-state index contributed by atoms with van der Waals surface area (Å²) in [5.74, 6) is 0. The van der Waals surface area contributed by atoms with Crippen LogP contribution in [0, 0.1) is 0 Å². The second-order valence-corrected chi connectivity index (χ2v) is 13.4. The minimum absolute atomic E-state index is 0.0800. The largest absolute Gasteiger partial charge is 0.455 e. The molecular formula is C38H32O2. The van der Waals surface area contributed by atoms with Crippen LogP contribution in [0.15, 0.2) is 93.8 Å². The van der Waals surface area contributed by atoms with Crippen LogP contribution in [0.25, 0.3) is 76.2 Å². The highest BCUT2D eigenvalue weighted by atomic mass is 16.3. The predicted molar refractivity (Wildman–Crippen MR) is 171 cm³/mol. The summed E-state index contributed by atoms with van der Waals surface area (Å²) in [5.41, 5.74) is 6.50. The Morgan fingerprint density at radius 1 is 0.425 bits per heavy atom. The smallest absolute Gasteiger partial charge is 0.144 e. The molecule has 0 radical (unpaired) electrons. The van der Waals surface area contributed by atoms with Crippen molar-refractivity contribution in [3.63, 3.8) is 0 Å². The van der Waals surface area contributed by atoms with Gasteiger partial charge in [0.1, 0.15) is 22.3 Å². The van der Waals surface area contributed by atoms with Crippen LogP contribution in [-0.2, 0) is 10.8 Å². The molecule has 0 aliphatic heterocycles. The Labute approximate surface area is 233 Å². The number of rotatable bonds is 0. The normalized spacial score (nSPS) is 13.2. The van der Waals surface area contributed by atoms with Crippen molar-refractivity contribution in [2.45, 2.75) is 52.4 Å². The number of hydrogen-bond donors (Lipinski definition) is 0. The maximum absolute atomic E-state index is 6.73. The molecule has 0 spiro atoms. The van der Waals surface area contributed by atoms with Crippen LogP contribution in [0.5, 0.6) is 0 Å². The SMILES string of the molecule is CC(C)(C)c1ccc2c(ccc3oc4c5ccccc5c5oc6ccc7cc(C(C)(C)C)ccc7c6c5c4c32)c1. The van der Waals surface area contributed by atoms with Gasteiger partial charge in [0.05, 0.1) is 0 Å². The van der Waals surface area contributed by atoms with Crippen molar-refractivity contribution in [1.29, 1.82) is 0 Å². The van der Waals surface area contributed by atoms with Gasteiger partial charge in [0.15, 0.2) is 0 Å². The van der Waals surface area contributed by atoms with Gasteiger partial charge in [-0.25, -0.2) is 0 Å². The first-order valence-corrected chi connectivity index (χ1v) is 14.2. The molecular weight excluding hydrogens is 488 g/mol. The second-order valence-electron chi connectivity index (χ2n) is 13.4. The number of furan rings is 2. The molecule has 0 saturated heterocycles. The zero-order valence-electron chi connectivity index (χ0n) is 23.9. The van der Waals surface area contributed by atoms with Gasteiger partial charge >= 0.3 is 0 Å². The summed E-state index contributed by atoms with van der Waals surface area (Å²) in [5, 5.41) is 11.7. The third-order valence-corrected chi connectivity index (χ3v) is 8.74. The highest BCUT2D eigenvalue weighted by Gasteiger charge is 2.24. The molecule has 8 aromatic rings. The lowest BCUT2D eigenvalue weighted by Crippen LogP contribution is -2.10. The van der Waals surface area contributed by atoms with E-state index in [1.54, 1.807) is 0 Å². The van der Waals surface area contributed by atoms with Crippen molar-refractivity contribution < 1.29 is 8.83 Å². The van der Waals surface area contributed by atoms with E-state index in [9.17, 15) is 0 Å². The van der Waals surface area contributed by atoms with Crippen LogP contribution in [-0.4, -0.2) is 0 Å². The van der Waals surface area contributed by atoms with Gasteiger partial charge in [0.2, 0.25) is 0 Å². The lowest BCUT2D eigenvalue weighted by molar-refractivity contribution is 0.591. The van der Waals surface area contributed by atoms with Crippen molar-refractivity contribution in [3.8, 4) is 0 Å². The average Bonchev–Trinajstić information content (AvgIpc) is 3.51. The molecule has 2 heteroatoms. The van der Waals surface area contributed by atoms with Gasteiger partial charge in [0.25, 0.3) is 0 Å². The first-order chi connectivity index (χ1) is 19.1. The van der Waals surface area contributed by atoms with Crippen LogP contribution >= 0.6 is 0 Å². The van der Waals surface area contributed by atoms with Crippen LogP contribution in [0.1, 0.15) is 52.7 Å². The molecule has 2 heterocycles. The molecule has 2 nitrogen and oxygen atoms in total. The van der Waals surface area contributed by atoms with Crippen LogP contribution in [0.2, 0.25) is 0 Å². The Morgan fingerprint density at radius 2 is 0.850 bits per heavy atom. The predicted octanol–water partition coefficient (Wildman–Crippen LogP) is 11.5. The van der Waals surface area contributed by atoms with Crippen LogP contribution < -0.4 is 0 Å². The molecule has 0 aliphatic carbocycles. The van der Waals surface area contributed by atoms with Gasteiger partial charge in [0, 0.05) is 32.3 Å². The first-order valence-electron chi connectivity index (χ1n) is 14.2. The second kappa shape index (κ2) is 7.67. The Morgan fingerprint density at radius 3 is 1.25 bits per heavy atom. The van der Waals surface area contributed by atoms with E-state index in [2.05, 4.69) is 126 Å². The third kappa shape index (κ3) is 3.17. The fraction of sp³-hybridized carbons (Fsp3) is 0.211. The summed E-state index contributed by atoms with van der Waals surface area (Å²) in [6.45, 7) is 13.6. The van der Waals surface area contributed by atoms with Crippen molar-refractivity contribution in [2.75, 3.05) is 0 Å². The Hall–Kier alpha value is -4.30. The average molecular weight is 521 g/mol. The van der Waals surface area contributed by atoms with Crippen molar-refractivity contribution in [1.82, 2.24) is 0 Å². The van der Waals surface area contributed by atoms with E-state index in [4.69, 9.17) is 8.83 Å². The molecule has 0 fully saturated rings. The number of hydrogen-bond acceptors (Lipinski definition) is 2. The van der Waals surface area contributed by atoms with E-state index < -0.39 is 0 Å². The monoisotopic (exact) mass is 520 g/mol. The molecule has 0 atom stereocenters. The minimum Gasteiger partial charge on any atom is -0.455 e. The lowest BCUT2D eigenvalue weighted by Gasteiger charge is -2.19. The minimum atomic E-state index is 0.0800. The molecule has 40 heavy (non-hydrogen) atoms. The summed E-state index contributed by atoms with van der Waals surface area (Å²) in [4.78, 5) is 0. The molecule has 0 aliphatic rings. The van der Waals surface area contributed by atoms with E-state index >= 15 is 0 Å². The topological polar surface area (TPSA) is 26.3 Å². The van der Waals surface area contributed by atoms with E-state index in [1.807, 2.05) is 0 Å². The van der Waals surface area contributed by atoms with Crippen LogP contribution in [0.4, 0.5) is 0 Å². The quantitative estimate of drug-likeness (QED) is 0.199. The maximum atomic E-state index is 6.73. The van der Waals surface area contributed by atoms with E-state index in [1.165, 1.54) is 32.7 Å². The Balaban J connectivity index is 1.63. The summed E-state index contributed by atoms with van der Waals surface area (Å²) in [6, 6.07) is 30.9.